The number of nitrogens with zero attached hydrogens (tertiary/aromatic N) is 1. The van der Waals surface area contributed by atoms with Gasteiger partial charge in [0.05, 0.1) is 6.10 Å². The highest BCUT2D eigenvalue weighted by Crippen LogP contribution is 2.15. The molecule has 5 heteroatoms. The van der Waals surface area contributed by atoms with Crippen molar-refractivity contribution in [3.8, 4) is 0 Å². The van der Waals surface area contributed by atoms with Crippen LogP contribution in [0.5, 0.6) is 0 Å². The molecule has 1 atom stereocenters. The van der Waals surface area contributed by atoms with Crippen molar-refractivity contribution in [3.63, 3.8) is 0 Å². The number of rotatable bonds is 5. The van der Waals surface area contributed by atoms with Crippen LogP contribution in [0.2, 0.25) is 0 Å². The number of benzene rings is 1. The molecule has 0 saturated carbocycles. The second-order valence-electron chi connectivity index (χ2n) is 4.75. The number of amides is 2. The molecule has 0 fully saturated rings. The monoisotopic (exact) mass is 285 g/mol. The van der Waals surface area contributed by atoms with E-state index in [-0.39, 0.29) is 6.03 Å². The van der Waals surface area contributed by atoms with Gasteiger partial charge in [-0.2, -0.15) is 0 Å². The van der Waals surface area contributed by atoms with Crippen LogP contribution in [-0.2, 0) is 6.42 Å². The van der Waals surface area contributed by atoms with Crippen LogP contribution in [0.1, 0.15) is 24.3 Å². The van der Waals surface area contributed by atoms with E-state index < -0.39 is 6.10 Å². The summed E-state index contributed by atoms with van der Waals surface area (Å²) in [6, 6.07) is 12.6. The summed E-state index contributed by atoms with van der Waals surface area (Å²) in [6.07, 6.45) is 1.92. The van der Waals surface area contributed by atoms with E-state index in [2.05, 4.69) is 15.6 Å². The summed E-state index contributed by atoms with van der Waals surface area (Å²) in [6.45, 7) is 2.22. The highest BCUT2D eigenvalue weighted by atomic mass is 16.3. The second-order valence-corrected chi connectivity index (χ2v) is 4.75. The van der Waals surface area contributed by atoms with Gasteiger partial charge in [0, 0.05) is 30.5 Å². The lowest BCUT2D eigenvalue weighted by Crippen LogP contribution is -2.30. The Morgan fingerprint density at radius 2 is 2.00 bits per heavy atom. The average molecular weight is 285 g/mol. The zero-order chi connectivity index (χ0) is 15.1. The fraction of sp³-hybridized carbons (Fsp3) is 0.250. The molecule has 0 spiro atoms. The van der Waals surface area contributed by atoms with Crippen molar-refractivity contribution < 1.29 is 9.90 Å². The van der Waals surface area contributed by atoms with Crippen LogP contribution < -0.4 is 10.6 Å². The van der Waals surface area contributed by atoms with Gasteiger partial charge >= 0.3 is 6.03 Å². The maximum atomic E-state index is 11.7. The first-order chi connectivity index (χ1) is 10.1. The second kappa shape index (κ2) is 7.40. The summed E-state index contributed by atoms with van der Waals surface area (Å²) in [4.78, 5) is 15.9. The van der Waals surface area contributed by atoms with Crippen LogP contribution in [-0.4, -0.2) is 22.7 Å². The highest BCUT2D eigenvalue weighted by Gasteiger charge is 2.03. The number of aliphatic hydroxyl groups is 1. The standard InChI is InChI=1S/C16H19N3O2/c1-12(20)13-5-7-15(8-6-13)19-16(21)18-11-9-14-4-2-3-10-17-14/h2-8,10,12,20H,9,11H2,1H3,(H2,18,19,21). The normalized spacial score (nSPS) is 11.7. The quantitative estimate of drug-likeness (QED) is 0.790. The Balaban J connectivity index is 1.76. The summed E-state index contributed by atoms with van der Waals surface area (Å²) >= 11 is 0. The molecule has 1 unspecified atom stereocenters. The molecule has 0 aliphatic carbocycles. The molecule has 1 aromatic carbocycles. The predicted octanol–water partition coefficient (Wildman–Crippen LogP) is 2.50. The molecule has 1 heterocycles. The molecule has 3 N–H and O–H groups in total. The number of carbonyl (C=O) groups excluding carboxylic acids is 1. The maximum Gasteiger partial charge on any atom is 0.319 e. The van der Waals surface area contributed by atoms with E-state index in [0.717, 1.165) is 11.3 Å². The van der Waals surface area contributed by atoms with E-state index in [9.17, 15) is 9.90 Å². The number of hydrogen-bond donors (Lipinski definition) is 3. The van der Waals surface area contributed by atoms with Crippen LogP contribution in [0.3, 0.4) is 0 Å². The minimum atomic E-state index is -0.508. The maximum absolute atomic E-state index is 11.7. The Labute approximate surface area is 124 Å². The molecule has 5 nitrogen and oxygen atoms in total. The van der Waals surface area contributed by atoms with Gasteiger partial charge in [0.15, 0.2) is 0 Å². The lowest BCUT2D eigenvalue weighted by Gasteiger charge is -2.09. The molecule has 2 rings (SSSR count). The Bertz CT molecular complexity index is 568. The van der Waals surface area contributed by atoms with Gasteiger partial charge < -0.3 is 15.7 Å². The molecule has 0 aliphatic rings. The van der Waals surface area contributed by atoms with Crippen LogP contribution in [0, 0.1) is 0 Å². The zero-order valence-electron chi connectivity index (χ0n) is 11.9. The van der Waals surface area contributed by atoms with Crippen LogP contribution in [0.4, 0.5) is 10.5 Å². The number of carbonyl (C=O) groups is 1. The Hall–Kier alpha value is -2.40. The fourth-order valence-corrected chi connectivity index (χ4v) is 1.87. The number of anilines is 1. The number of aliphatic hydroxyl groups excluding tert-OH is 1. The van der Waals surface area contributed by atoms with Crippen molar-refractivity contribution >= 4 is 11.7 Å². The van der Waals surface area contributed by atoms with E-state index in [1.54, 1.807) is 37.4 Å². The van der Waals surface area contributed by atoms with Crippen LogP contribution >= 0.6 is 0 Å². The third kappa shape index (κ3) is 4.89. The van der Waals surface area contributed by atoms with E-state index in [1.807, 2.05) is 18.2 Å². The van der Waals surface area contributed by atoms with Gasteiger partial charge in [-0.05, 0) is 36.8 Å². The fourth-order valence-electron chi connectivity index (χ4n) is 1.87. The van der Waals surface area contributed by atoms with E-state index in [1.165, 1.54) is 0 Å². The lowest BCUT2D eigenvalue weighted by molar-refractivity contribution is 0.199. The van der Waals surface area contributed by atoms with E-state index in [4.69, 9.17) is 0 Å². The summed E-state index contributed by atoms with van der Waals surface area (Å²) in [7, 11) is 0. The van der Waals surface area contributed by atoms with E-state index in [0.29, 0.717) is 18.7 Å². The molecule has 110 valence electrons. The number of urea groups is 1. The molecular weight excluding hydrogens is 266 g/mol. The first-order valence-electron chi connectivity index (χ1n) is 6.88. The summed E-state index contributed by atoms with van der Waals surface area (Å²) < 4.78 is 0. The topological polar surface area (TPSA) is 74.2 Å². The van der Waals surface area contributed by atoms with Gasteiger partial charge in [-0.25, -0.2) is 4.79 Å². The van der Waals surface area contributed by atoms with Gasteiger partial charge in [0.2, 0.25) is 0 Å². The SMILES string of the molecule is CC(O)c1ccc(NC(=O)NCCc2ccccn2)cc1. The van der Waals surface area contributed by atoms with Gasteiger partial charge in [0.1, 0.15) is 0 Å². The molecule has 2 aromatic rings. The third-order valence-corrected chi connectivity index (χ3v) is 3.04. The summed E-state index contributed by atoms with van der Waals surface area (Å²) in [5.74, 6) is 0. The number of aromatic nitrogens is 1. The molecule has 0 saturated heterocycles. The van der Waals surface area contributed by atoms with E-state index >= 15 is 0 Å². The number of nitrogens with one attached hydrogen (secondary N) is 2. The molecule has 0 bridgehead atoms. The molecule has 0 radical (unpaired) electrons. The van der Waals surface area contributed by atoms with Gasteiger partial charge in [-0.1, -0.05) is 18.2 Å². The zero-order valence-corrected chi connectivity index (χ0v) is 11.9. The molecule has 1 aromatic heterocycles. The van der Waals surface area contributed by atoms with Gasteiger partial charge in [-0.3, -0.25) is 4.98 Å². The largest absolute Gasteiger partial charge is 0.389 e. The summed E-state index contributed by atoms with van der Waals surface area (Å²) in [5.41, 5.74) is 2.45. The van der Waals surface area contributed by atoms with Crippen molar-refractivity contribution in [3.05, 3.63) is 59.9 Å². The molecular formula is C16H19N3O2. The molecule has 2 amide bonds. The Morgan fingerprint density at radius 3 is 2.62 bits per heavy atom. The minimum Gasteiger partial charge on any atom is -0.389 e. The summed E-state index contributed by atoms with van der Waals surface area (Å²) in [5, 5.41) is 14.9. The van der Waals surface area contributed by atoms with Gasteiger partial charge in [-0.15, -0.1) is 0 Å². The van der Waals surface area contributed by atoms with Gasteiger partial charge in [0.25, 0.3) is 0 Å². The smallest absolute Gasteiger partial charge is 0.319 e. The number of pyridine rings is 1. The molecule has 21 heavy (non-hydrogen) atoms. The van der Waals surface area contributed by atoms with Crippen LogP contribution in [0.15, 0.2) is 48.7 Å². The first kappa shape index (κ1) is 15.0. The first-order valence-corrected chi connectivity index (χ1v) is 6.88. The predicted molar refractivity (Wildman–Crippen MR) is 82.0 cm³/mol. The molecule has 0 aliphatic heterocycles. The van der Waals surface area contributed by atoms with Crippen molar-refractivity contribution in [2.75, 3.05) is 11.9 Å². The Morgan fingerprint density at radius 1 is 1.24 bits per heavy atom. The Kier molecular flexibility index (Phi) is 5.29. The van der Waals surface area contributed by atoms with Crippen molar-refractivity contribution in [2.45, 2.75) is 19.4 Å². The minimum absolute atomic E-state index is 0.254. The lowest BCUT2D eigenvalue weighted by atomic mass is 10.1. The number of hydrogen-bond acceptors (Lipinski definition) is 3. The van der Waals surface area contributed by atoms with Crippen molar-refractivity contribution in [1.82, 2.24) is 10.3 Å². The van der Waals surface area contributed by atoms with Crippen molar-refractivity contribution in [2.24, 2.45) is 0 Å². The third-order valence-electron chi connectivity index (χ3n) is 3.04. The average Bonchev–Trinajstić information content (AvgIpc) is 2.49. The highest BCUT2D eigenvalue weighted by molar-refractivity contribution is 5.89. The van der Waals surface area contributed by atoms with Crippen molar-refractivity contribution in [1.29, 1.82) is 0 Å². The van der Waals surface area contributed by atoms with Crippen LogP contribution in [0.25, 0.3) is 0 Å².